The number of benzene rings is 1. The number of hydrogen-bond acceptors (Lipinski definition) is 6. The van der Waals surface area contributed by atoms with Gasteiger partial charge in [0, 0.05) is 25.6 Å². The largest absolute Gasteiger partial charge is 0.452 e. The Hall–Kier alpha value is -2.44. The first kappa shape index (κ1) is 21.9. The van der Waals surface area contributed by atoms with Crippen molar-refractivity contribution in [3.63, 3.8) is 0 Å². The van der Waals surface area contributed by atoms with Gasteiger partial charge in [-0.3, -0.25) is 4.79 Å². The van der Waals surface area contributed by atoms with E-state index in [2.05, 4.69) is 4.72 Å². The predicted molar refractivity (Wildman–Crippen MR) is 102 cm³/mol. The molecule has 9 heteroatoms. The Kier molecular flexibility index (Phi) is 7.96. The Morgan fingerprint density at radius 1 is 1.29 bits per heavy atom. The lowest BCUT2D eigenvalue weighted by Crippen LogP contribution is -2.45. The van der Waals surface area contributed by atoms with Crippen molar-refractivity contribution < 1.29 is 22.7 Å². The quantitative estimate of drug-likeness (QED) is 0.519. The first-order valence-electron chi connectivity index (χ1n) is 9.32. The highest BCUT2D eigenvalue weighted by Crippen LogP contribution is 2.19. The number of carbonyl (C=O) groups excluding carboxylic acids is 2. The van der Waals surface area contributed by atoms with E-state index in [1.54, 1.807) is 4.90 Å². The Balaban J connectivity index is 1.92. The van der Waals surface area contributed by atoms with Gasteiger partial charge in [0.15, 0.2) is 6.61 Å². The number of esters is 1. The number of nitrogens with one attached hydrogen (secondary N) is 1. The topological polar surface area (TPSA) is 117 Å². The van der Waals surface area contributed by atoms with E-state index in [4.69, 9.17) is 10.00 Å². The average Bonchev–Trinajstić information content (AvgIpc) is 2.71. The monoisotopic (exact) mass is 407 g/mol. The molecule has 2 rings (SSSR count). The van der Waals surface area contributed by atoms with Gasteiger partial charge in [-0.1, -0.05) is 6.92 Å². The molecule has 1 aromatic rings. The summed E-state index contributed by atoms with van der Waals surface area (Å²) in [4.78, 5) is 26.3. The molecule has 1 saturated heterocycles. The molecule has 1 heterocycles. The highest BCUT2D eigenvalue weighted by Gasteiger charge is 2.26. The zero-order valence-corrected chi connectivity index (χ0v) is 16.7. The third-order valence-electron chi connectivity index (χ3n) is 4.67. The molecule has 1 N–H and O–H groups in total. The molecular weight excluding hydrogens is 382 g/mol. The van der Waals surface area contributed by atoms with Crippen LogP contribution in [0.2, 0.25) is 0 Å². The third-order valence-corrected chi connectivity index (χ3v) is 6.15. The summed E-state index contributed by atoms with van der Waals surface area (Å²) < 4.78 is 31.5. The number of rotatable bonds is 8. The molecule has 1 amide bonds. The standard InChI is InChI=1S/C19H25N3O5S/c1-2-16-6-3-4-13-22(16)18(23)14-27-19(24)15-7-9-17(10-8-15)28(25,26)21-12-5-11-20/h7-10,16,21H,2-6,12-14H2,1H3/t16-/m1/s1. The lowest BCUT2D eigenvalue weighted by molar-refractivity contribution is -0.138. The number of nitrogens with zero attached hydrogens (tertiary/aromatic N) is 2. The summed E-state index contributed by atoms with van der Waals surface area (Å²) in [5.41, 5.74) is 0.162. The molecule has 0 aromatic heterocycles. The second-order valence-electron chi connectivity index (χ2n) is 6.55. The van der Waals surface area contributed by atoms with Crippen LogP contribution < -0.4 is 4.72 Å². The molecule has 1 atom stereocenters. The van der Waals surface area contributed by atoms with Crippen LogP contribution in [-0.4, -0.2) is 50.9 Å². The number of carbonyl (C=O) groups is 2. The van der Waals surface area contributed by atoms with Gasteiger partial charge in [0.05, 0.1) is 16.5 Å². The second kappa shape index (κ2) is 10.2. The van der Waals surface area contributed by atoms with E-state index >= 15 is 0 Å². The van der Waals surface area contributed by atoms with Crippen LogP contribution in [0.4, 0.5) is 0 Å². The van der Waals surface area contributed by atoms with Crippen LogP contribution in [0.5, 0.6) is 0 Å². The first-order valence-corrected chi connectivity index (χ1v) is 10.8. The van der Waals surface area contributed by atoms with Crippen LogP contribution in [0.25, 0.3) is 0 Å². The number of sulfonamides is 1. The molecule has 0 saturated carbocycles. The highest BCUT2D eigenvalue weighted by atomic mass is 32.2. The highest BCUT2D eigenvalue weighted by molar-refractivity contribution is 7.89. The molecule has 152 valence electrons. The maximum absolute atomic E-state index is 12.4. The fraction of sp³-hybridized carbons (Fsp3) is 0.526. The van der Waals surface area contributed by atoms with Gasteiger partial charge in [-0.15, -0.1) is 0 Å². The second-order valence-corrected chi connectivity index (χ2v) is 8.32. The van der Waals surface area contributed by atoms with E-state index in [0.717, 1.165) is 25.7 Å². The maximum atomic E-state index is 12.4. The van der Waals surface area contributed by atoms with Crippen LogP contribution >= 0.6 is 0 Å². The summed E-state index contributed by atoms with van der Waals surface area (Å²) in [7, 11) is -3.74. The SMILES string of the molecule is CC[C@@H]1CCCCN1C(=O)COC(=O)c1ccc(S(=O)(=O)NCCC#N)cc1. The van der Waals surface area contributed by atoms with Gasteiger partial charge < -0.3 is 9.64 Å². The van der Waals surface area contributed by atoms with Crippen molar-refractivity contribution in [3.05, 3.63) is 29.8 Å². The number of likely N-dealkylation sites (tertiary alicyclic amines) is 1. The fourth-order valence-corrected chi connectivity index (χ4v) is 4.17. The number of nitriles is 1. The van der Waals surface area contributed by atoms with E-state index in [9.17, 15) is 18.0 Å². The minimum Gasteiger partial charge on any atom is -0.452 e. The summed E-state index contributed by atoms with van der Waals surface area (Å²) in [6, 6.07) is 7.28. The molecule has 0 aliphatic carbocycles. The Bertz CT molecular complexity index is 830. The Morgan fingerprint density at radius 3 is 2.64 bits per heavy atom. The molecule has 28 heavy (non-hydrogen) atoms. The summed E-state index contributed by atoms with van der Waals surface area (Å²) >= 11 is 0. The molecule has 1 fully saturated rings. The Labute approximate surface area is 165 Å². The normalized spacial score (nSPS) is 17.0. The van der Waals surface area contributed by atoms with Crippen LogP contribution in [0.3, 0.4) is 0 Å². The summed E-state index contributed by atoms with van der Waals surface area (Å²) in [6.45, 7) is 2.40. The van der Waals surface area contributed by atoms with Crippen LogP contribution in [-0.2, 0) is 19.6 Å². The summed E-state index contributed by atoms with van der Waals surface area (Å²) in [6.07, 6.45) is 3.96. The maximum Gasteiger partial charge on any atom is 0.338 e. The van der Waals surface area contributed by atoms with Crippen LogP contribution in [0.1, 0.15) is 49.4 Å². The average molecular weight is 407 g/mol. The lowest BCUT2D eigenvalue weighted by atomic mass is 10.00. The van der Waals surface area contributed by atoms with Gasteiger partial charge in [0.1, 0.15) is 0 Å². The third kappa shape index (κ3) is 5.78. The van der Waals surface area contributed by atoms with Crippen molar-refractivity contribution in [2.45, 2.75) is 50.0 Å². The van der Waals surface area contributed by atoms with Gasteiger partial charge in [-0.05, 0) is 49.9 Å². The van der Waals surface area contributed by atoms with Gasteiger partial charge >= 0.3 is 5.97 Å². The van der Waals surface area contributed by atoms with Crippen molar-refractivity contribution in [1.82, 2.24) is 9.62 Å². The van der Waals surface area contributed by atoms with Gasteiger partial charge in [-0.2, -0.15) is 5.26 Å². The van der Waals surface area contributed by atoms with Crippen LogP contribution in [0.15, 0.2) is 29.2 Å². The summed E-state index contributed by atoms with van der Waals surface area (Å²) in [5.74, 6) is -0.888. The zero-order valence-electron chi connectivity index (χ0n) is 15.9. The van der Waals surface area contributed by atoms with Gasteiger partial charge in [-0.25, -0.2) is 17.9 Å². The van der Waals surface area contributed by atoms with E-state index in [-0.39, 0.29) is 42.0 Å². The molecule has 0 bridgehead atoms. The van der Waals surface area contributed by atoms with Crippen molar-refractivity contribution in [1.29, 1.82) is 5.26 Å². The molecule has 0 spiro atoms. The van der Waals surface area contributed by atoms with Gasteiger partial charge in [0.2, 0.25) is 10.0 Å². The molecule has 0 unspecified atom stereocenters. The molecular formula is C19H25N3O5S. The van der Waals surface area contributed by atoms with Crippen molar-refractivity contribution >= 4 is 21.9 Å². The van der Waals surface area contributed by atoms with Crippen molar-refractivity contribution in [2.75, 3.05) is 19.7 Å². The molecule has 8 nitrogen and oxygen atoms in total. The number of ether oxygens (including phenoxy) is 1. The fourth-order valence-electron chi connectivity index (χ4n) is 3.14. The van der Waals surface area contributed by atoms with E-state index in [0.29, 0.717) is 6.54 Å². The summed E-state index contributed by atoms with van der Waals surface area (Å²) in [5, 5.41) is 8.47. The van der Waals surface area contributed by atoms with Gasteiger partial charge in [0.25, 0.3) is 5.91 Å². The molecule has 0 radical (unpaired) electrons. The molecule has 1 aromatic carbocycles. The van der Waals surface area contributed by atoms with Crippen molar-refractivity contribution in [3.8, 4) is 6.07 Å². The Morgan fingerprint density at radius 2 is 2.00 bits per heavy atom. The number of piperidine rings is 1. The minimum atomic E-state index is -3.74. The van der Waals surface area contributed by atoms with E-state index in [1.165, 1.54) is 24.3 Å². The zero-order chi connectivity index (χ0) is 20.6. The molecule has 1 aliphatic heterocycles. The number of amides is 1. The van der Waals surface area contributed by atoms with E-state index in [1.807, 2.05) is 13.0 Å². The first-order chi connectivity index (χ1) is 13.4. The minimum absolute atomic E-state index is 0.0139. The van der Waals surface area contributed by atoms with E-state index < -0.39 is 16.0 Å². The van der Waals surface area contributed by atoms with Crippen molar-refractivity contribution in [2.24, 2.45) is 0 Å². The molecule has 1 aliphatic rings. The van der Waals surface area contributed by atoms with Crippen LogP contribution in [0, 0.1) is 11.3 Å². The number of hydrogen-bond donors (Lipinski definition) is 1. The smallest absolute Gasteiger partial charge is 0.338 e. The lowest BCUT2D eigenvalue weighted by Gasteiger charge is -2.35. The predicted octanol–water partition coefficient (Wildman–Crippen LogP) is 1.83.